The average Bonchev–Trinajstić information content (AvgIpc) is 3.49. The van der Waals surface area contributed by atoms with Crippen molar-refractivity contribution in [2.45, 2.75) is 18.9 Å². The first-order valence-electron chi connectivity index (χ1n) is 11.1. The van der Waals surface area contributed by atoms with Gasteiger partial charge >= 0.3 is 0 Å². The highest BCUT2D eigenvalue weighted by Crippen LogP contribution is 2.38. The van der Waals surface area contributed by atoms with Crippen molar-refractivity contribution in [1.82, 2.24) is 24.6 Å². The van der Waals surface area contributed by atoms with Crippen LogP contribution in [0.15, 0.2) is 59.8 Å². The van der Waals surface area contributed by atoms with E-state index in [1.807, 2.05) is 25.2 Å². The number of carbonyl (C=O) groups excluding carboxylic acids is 1. The molecule has 1 unspecified atom stereocenters. The number of carbonyl (C=O) groups is 1. The molecule has 1 fully saturated rings. The van der Waals surface area contributed by atoms with Gasteiger partial charge in [0.1, 0.15) is 5.82 Å². The maximum Gasteiger partial charge on any atom is 0.269 e. The molecule has 10 heteroatoms. The lowest BCUT2D eigenvalue weighted by Crippen LogP contribution is -2.39. The Labute approximate surface area is 202 Å². The molecule has 6 rings (SSSR count). The molecule has 0 bridgehead atoms. The smallest absolute Gasteiger partial charge is 0.269 e. The van der Waals surface area contributed by atoms with Gasteiger partial charge in [0, 0.05) is 24.5 Å². The van der Waals surface area contributed by atoms with Crippen molar-refractivity contribution in [2.75, 3.05) is 12.3 Å². The Kier molecular flexibility index (Phi) is 4.99. The number of pyridine rings is 1. The molecule has 1 saturated heterocycles. The molecule has 4 heterocycles. The summed E-state index contributed by atoms with van der Waals surface area (Å²) in [6, 6.07) is 10.5. The van der Waals surface area contributed by atoms with E-state index < -0.39 is 12.1 Å². The van der Waals surface area contributed by atoms with E-state index in [4.69, 9.17) is 5.73 Å². The van der Waals surface area contributed by atoms with E-state index in [-0.39, 0.29) is 30.9 Å². The summed E-state index contributed by atoms with van der Waals surface area (Å²) in [6.45, 7) is 0.199. The fourth-order valence-electron chi connectivity index (χ4n) is 4.91. The molecule has 7 nitrogen and oxygen atoms in total. The SMILES string of the molecule is Cn1ncc2c(N)nc3ccc(C(=O)N4CCC(=C(F)F)CC4c4ccc5scnc5c4)cc3c21. The number of anilines is 1. The van der Waals surface area contributed by atoms with Crippen molar-refractivity contribution in [3.05, 3.63) is 70.9 Å². The number of thiazole rings is 1. The fraction of sp³-hybridized carbons (Fsp3) is 0.200. The standard InChI is InChI=1S/C25H20F2N6OS/c1-32-22-16-8-15(2-4-18(16)31-24(28)17(22)11-30-32)25(34)33-7-6-14(23(26)27)10-20(33)13-3-5-21-19(9-13)29-12-35-21/h2-5,8-9,11-12,20H,6-7,10H2,1H3,(H2,28,31). The summed E-state index contributed by atoms with van der Waals surface area (Å²) in [5, 5.41) is 5.76. The predicted molar refractivity (Wildman–Crippen MR) is 132 cm³/mol. The Morgan fingerprint density at radius 2 is 2.00 bits per heavy atom. The zero-order valence-corrected chi connectivity index (χ0v) is 19.5. The van der Waals surface area contributed by atoms with Gasteiger partial charge in [0.2, 0.25) is 0 Å². The van der Waals surface area contributed by atoms with Crippen molar-refractivity contribution in [3.63, 3.8) is 0 Å². The molecule has 1 atom stereocenters. The number of nitrogen functional groups attached to an aromatic ring is 1. The molecule has 35 heavy (non-hydrogen) atoms. The lowest BCUT2D eigenvalue weighted by molar-refractivity contribution is 0.0643. The highest BCUT2D eigenvalue weighted by molar-refractivity contribution is 7.16. The van der Waals surface area contributed by atoms with Gasteiger partial charge in [-0.25, -0.2) is 9.97 Å². The number of rotatable bonds is 2. The van der Waals surface area contributed by atoms with Gasteiger partial charge in [-0.15, -0.1) is 11.3 Å². The van der Waals surface area contributed by atoms with Crippen LogP contribution in [-0.2, 0) is 7.05 Å². The molecule has 2 aromatic carbocycles. The maximum atomic E-state index is 13.8. The summed E-state index contributed by atoms with van der Waals surface area (Å²) in [5.41, 5.74) is 11.4. The average molecular weight is 491 g/mol. The first-order chi connectivity index (χ1) is 16.9. The van der Waals surface area contributed by atoms with Gasteiger partial charge in [-0.2, -0.15) is 13.9 Å². The van der Waals surface area contributed by atoms with Crippen molar-refractivity contribution < 1.29 is 13.6 Å². The Hall–Kier alpha value is -3.92. The number of hydrogen-bond donors (Lipinski definition) is 1. The molecule has 0 spiro atoms. The van der Waals surface area contributed by atoms with Crippen LogP contribution in [-0.4, -0.2) is 37.1 Å². The van der Waals surface area contributed by atoms with E-state index >= 15 is 0 Å². The number of hydrogen-bond acceptors (Lipinski definition) is 6. The van der Waals surface area contributed by atoms with E-state index in [2.05, 4.69) is 15.1 Å². The van der Waals surface area contributed by atoms with Crippen LogP contribution in [0.4, 0.5) is 14.6 Å². The lowest BCUT2D eigenvalue weighted by Gasteiger charge is -2.37. The van der Waals surface area contributed by atoms with Crippen LogP contribution in [0.3, 0.4) is 0 Å². The largest absolute Gasteiger partial charge is 0.383 e. The number of halogens is 2. The summed E-state index contributed by atoms with van der Waals surface area (Å²) >= 11 is 1.51. The minimum Gasteiger partial charge on any atom is -0.383 e. The summed E-state index contributed by atoms with van der Waals surface area (Å²) in [6.07, 6.45) is 0.216. The van der Waals surface area contributed by atoms with Crippen LogP contribution in [0, 0.1) is 0 Å². The molecule has 0 radical (unpaired) electrons. The number of piperidine rings is 1. The van der Waals surface area contributed by atoms with E-state index in [0.29, 0.717) is 22.3 Å². The highest BCUT2D eigenvalue weighted by Gasteiger charge is 2.33. The minimum absolute atomic E-state index is 0.0847. The van der Waals surface area contributed by atoms with Crippen molar-refractivity contribution >= 4 is 55.1 Å². The summed E-state index contributed by atoms with van der Waals surface area (Å²) in [7, 11) is 1.81. The number of likely N-dealkylation sites (tertiary alicyclic amines) is 1. The molecule has 5 aromatic rings. The van der Waals surface area contributed by atoms with E-state index in [0.717, 1.165) is 26.7 Å². The lowest BCUT2D eigenvalue weighted by atomic mass is 9.91. The molecule has 0 saturated carbocycles. The van der Waals surface area contributed by atoms with Gasteiger partial charge in [-0.3, -0.25) is 9.48 Å². The second-order valence-corrected chi connectivity index (χ2v) is 9.56. The number of aromatic nitrogens is 4. The van der Waals surface area contributed by atoms with Gasteiger partial charge in [0.15, 0.2) is 0 Å². The molecule has 2 N–H and O–H groups in total. The van der Waals surface area contributed by atoms with E-state index in [1.165, 1.54) is 11.3 Å². The Morgan fingerprint density at radius 3 is 2.83 bits per heavy atom. The number of fused-ring (bicyclic) bond motifs is 4. The number of amides is 1. The normalized spacial score (nSPS) is 16.5. The van der Waals surface area contributed by atoms with Gasteiger partial charge in [-0.05, 0) is 54.3 Å². The third-order valence-electron chi connectivity index (χ3n) is 6.69. The summed E-state index contributed by atoms with van der Waals surface area (Å²) in [5.74, 6) is 0.154. The molecular formula is C25H20F2N6OS. The Morgan fingerprint density at radius 1 is 1.14 bits per heavy atom. The van der Waals surface area contributed by atoms with Gasteiger partial charge in [-0.1, -0.05) is 6.07 Å². The summed E-state index contributed by atoms with van der Waals surface area (Å²) < 4.78 is 29.9. The second-order valence-electron chi connectivity index (χ2n) is 8.67. The third kappa shape index (κ3) is 3.52. The van der Waals surface area contributed by atoms with E-state index in [1.54, 1.807) is 39.5 Å². The quantitative estimate of drug-likeness (QED) is 0.356. The highest BCUT2D eigenvalue weighted by atomic mass is 32.1. The number of benzene rings is 2. The molecule has 0 aliphatic carbocycles. The topological polar surface area (TPSA) is 89.9 Å². The van der Waals surface area contributed by atoms with Crippen LogP contribution in [0.1, 0.15) is 34.8 Å². The Bertz CT molecular complexity index is 1670. The molecule has 1 aliphatic heterocycles. The van der Waals surface area contributed by atoms with Crippen LogP contribution in [0.5, 0.6) is 0 Å². The molecule has 1 amide bonds. The Balaban J connectivity index is 1.44. The molecule has 176 valence electrons. The number of nitrogens with zero attached hydrogens (tertiary/aromatic N) is 5. The van der Waals surface area contributed by atoms with E-state index in [9.17, 15) is 13.6 Å². The van der Waals surface area contributed by atoms with Crippen LogP contribution in [0.25, 0.3) is 32.0 Å². The van der Waals surface area contributed by atoms with Gasteiger partial charge in [0.05, 0.1) is 44.4 Å². The zero-order valence-electron chi connectivity index (χ0n) is 18.7. The van der Waals surface area contributed by atoms with Crippen molar-refractivity contribution in [2.24, 2.45) is 7.05 Å². The molecular weight excluding hydrogens is 470 g/mol. The second kappa shape index (κ2) is 8.09. The van der Waals surface area contributed by atoms with Gasteiger partial charge < -0.3 is 10.6 Å². The number of nitrogens with two attached hydrogens (primary N) is 1. The molecule has 1 aliphatic rings. The van der Waals surface area contributed by atoms with Crippen molar-refractivity contribution in [3.8, 4) is 0 Å². The van der Waals surface area contributed by atoms with Crippen LogP contribution < -0.4 is 5.73 Å². The van der Waals surface area contributed by atoms with Crippen molar-refractivity contribution in [1.29, 1.82) is 0 Å². The van der Waals surface area contributed by atoms with Gasteiger partial charge in [0.25, 0.3) is 12.0 Å². The zero-order chi connectivity index (χ0) is 24.3. The molecule has 3 aromatic heterocycles. The van der Waals surface area contributed by atoms with Crippen LogP contribution in [0.2, 0.25) is 0 Å². The maximum absolute atomic E-state index is 13.8. The number of aryl methyl sites for hydroxylation is 1. The third-order valence-corrected chi connectivity index (χ3v) is 7.50. The fourth-order valence-corrected chi connectivity index (χ4v) is 5.57. The summed E-state index contributed by atoms with van der Waals surface area (Å²) in [4.78, 5) is 24.3. The monoisotopic (exact) mass is 490 g/mol. The van der Waals surface area contributed by atoms with Crippen LogP contribution >= 0.6 is 11.3 Å². The minimum atomic E-state index is -1.66. The predicted octanol–water partition coefficient (Wildman–Crippen LogP) is 5.44. The first-order valence-corrected chi connectivity index (χ1v) is 12.0. The first kappa shape index (κ1) is 21.6.